The van der Waals surface area contributed by atoms with Gasteiger partial charge in [-0.2, -0.15) is 5.26 Å². The van der Waals surface area contributed by atoms with Crippen LogP contribution in [0.4, 0.5) is 0 Å². The highest BCUT2D eigenvalue weighted by atomic mass is 32.2. The fourth-order valence-electron chi connectivity index (χ4n) is 11.4. The quantitative estimate of drug-likeness (QED) is 0.155. The number of Topliss-reactive ketones (excluding diaryl/α,β-unsaturated/α-hetero) is 1. The number of fused-ring (bicyclic) bond motifs is 1. The van der Waals surface area contributed by atoms with Gasteiger partial charge in [-0.15, -0.1) is 11.8 Å². The van der Waals surface area contributed by atoms with Crippen LogP contribution in [0.5, 0.6) is 0 Å². The Morgan fingerprint density at radius 3 is 2.35 bits per heavy atom. The summed E-state index contributed by atoms with van der Waals surface area (Å²) in [4.78, 5) is 19.7. The van der Waals surface area contributed by atoms with Gasteiger partial charge in [0.25, 0.3) is 0 Å². The van der Waals surface area contributed by atoms with Crippen LogP contribution in [0.2, 0.25) is 0 Å². The van der Waals surface area contributed by atoms with Crippen LogP contribution in [-0.2, 0) is 0 Å². The van der Waals surface area contributed by atoms with Crippen molar-refractivity contribution < 1.29 is 15.0 Å². The maximum atomic E-state index is 15.0. The highest BCUT2D eigenvalue weighted by Gasteiger charge is 2.74. The monoisotopic (exact) mass is 670 g/mol. The molecule has 5 nitrogen and oxygen atoms in total. The Bertz CT molecular complexity index is 1950. The lowest BCUT2D eigenvalue weighted by Gasteiger charge is -2.71. The second kappa shape index (κ2) is 11.3. The standard InChI is InChI=1S/C43H46N2O3S/c1-27-22-28(2)45-38(33(27)25-44)49-26-42(48)19-16-36-40(42,4)18-15-35-39(3)17-14-32(46)23-41(39)20-21-43(35,36)34(24-41)37(47)31-12-10-30(11-13-31)29-8-6-5-7-9-29/h5-13,20-22,24,32,35-36,46,48H,14-19,23,26H2,1-4H3/t32?,35-,36-,39-,40+,41+,42-,43-/m1/s1. The van der Waals surface area contributed by atoms with E-state index in [1.54, 1.807) is 0 Å². The van der Waals surface area contributed by atoms with Crippen LogP contribution in [0, 0.1) is 58.7 Å². The molecule has 6 aliphatic rings. The van der Waals surface area contributed by atoms with Crippen LogP contribution in [0.15, 0.2) is 89.5 Å². The number of aliphatic hydroxyl groups is 2. The SMILES string of the molecule is Cc1cc(C)c(C#N)c(SC[C@]2(O)CC[C@H]3[C@]45C=C[C@@]6(C=C4C(=O)c4ccc(-c7ccccc7)cc4)CC(O)CC[C@]6(C)[C@H]5CC[C@@]32C)n1. The number of rotatable bonds is 6. The third-order valence-electron chi connectivity index (χ3n) is 14.1. The molecular weight excluding hydrogens is 625 g/mol. The van der Waals surface area contributed by atoms with Gasteiger partial charge in [-0.05, 0) is 98.8 Å². The minimum absolute atomic E-state index is 0.0719. The molecule has 6 heteroatoms. The summed E-state index contributed by atoms with van der Waals surface area (Å²) in [5.41, 5.74) is 3.75. The third kappa shape index (κ3) is 4.51. The molecule has 252 valence electrons. The molecule has 8 atom stereocenters. The Balaban J connectivity index is 1.20. The van der Waals surface area contributed by atoms with Gasteiger partial charge in [0.1, 0.15) is 11.1 Å². The number of thioether (sulfide) groups is 1. The van der Waals surface area contributed by atoms with Crippen molar-refractivity contribution in [3.05, 3.63) is 107 Å². The van der Waals surface area contributed by atoms with Crippen molar-refractivity contribution in [1.82, 2.24) is 4.98 Å². The minimum atomic E-state index is -0.983. The molecule has 0 amide bonds. The fourth-order valence-corrected chi connectivity index (χ4v) is 12.8. The number of carbonyl (C=O) groups excluding carboxylic acids is 1. The lowest BCUT2D eigenvalue weighted by Crippen LogP contribution is -2.67. The van der Waals surface area contributed by atoms with Crippen LogP contribution in [0.25, 0.3) is 11.1 Å². The van der Waals surface area contributed by atoms with E-state index >= 15 is 0 Å². The fraction of sp³-hybridized carbons (Fsp3) is 0.465. The maximum Gasteiger partial charge on any atom is 0.189 e. The number of nitrogens with zero attached hydrogens (tertiary/aromatic N) is 2. The summed E-state index contributed by atoms with van der Waals surface area (Å²) in [7, 11) is 0. The molecule has 2 N–H and O–H groups in total. The van der Waals surface area contributed by atoms with Crippen LogP contribution in [0.3, 0.4) is 0 Å². The van der Waals surface area contributed by atoms with Gasteiger partial charge in [0.2, 0.25) is 0 Å². The van der Waals surface area contributed by atoms with Gasteiger partial charge in [-0.1, -0.05) is 86.7 Å². The van der Waals surface area contributed by atoms with Gasteiger partial charge in [0.05, 0.1) is 17.3 Å². The average Bonchev–Trinajstić information content (AvgIpc) is 3.37. The summed E-state index contributed by atoms with van der Waals surface area (Å²) in [5.74, 6) is 0.840. The van der Waals surface area contributed by atoms with E-state index in [9.17, 15) is 20.3 Å². The zero-order valence-corrected chi connectivity index (χ0v) is 29.8. The number of allylic oxidation sites excluding steroid dienone is 4. The van der Waals surface area contributed by atoms with E-state index in [2.05, 4.69) is 62.4 Å². The Kier molecular flexibility index (Phi) is 7.51. The molecule has 2 aromatic carbocycles. The number of nitriles is 1. The molecule has 1 heterocycles. The molecule has 2 bridgehead atoms. The molecule has 9 rings (SSSR count). The van der Waals surface area contributed by atoms with Crippen molar-refractivity contribution >= 4 is 17.5 Å². The Labute approximate surface area is 294 Å². The molecule has 0 radical (unpaired) electrons. The smallest absolute Gasteiger partial charge is 0.189 e. The molecule has 49 heavy (non-hydrogen) atoms. The molecule has 3 aromatic rings. The zero-order valence-electron chi connectivity index (χ0n) is 29.0. The van der Waals surface area contributed by atoms with Gasteiger partial charge in [0.15, 0.2) is 5.78 Å². The van der Waals surface area contributed by atoms with Crippen molar-refractivity contribution in [1.29, 1.82) is 5.26 Å². The Hall–Kier alpha value is -3.50. The van der Waals surface area contributed by atoms with E-state index in [1.807, 2.05) is 50.2 Å². The molecule has 3 saturated carbocycles. The molecule has 1 aromatic heterocycles. The van der Waals surface area contributed by atoms with Crippen LogP contribution in [0.1, 0.15) is 86.0 Å². The number of aliphatic hydroxyl groups excluding tert-OH is 1. The number of benzene rings is 2. The van der Waals surface area contributed by atoms with Crippen LogP contribution < -0.4 is 0 Å². The Morgan fingerprint density at radius 2 is 1.61 bits per heavy atom. The lowest BCUT2D eigenvalue weighted by molar-refractivity contribution is -0.166. The van der Waals surface area contributed by atoms with Gasteiger partial charge in [-0.3, -0.25) is 4.79 Å². The van der Waals surface area contributed by atoms with Crippen LogP contribution in [-0.4, -0.2) is 38.4 Å². The number of aromatic nitrogens is 1. The minimum Gasteiger partial charge on any atom is -0.393 e. The molecule has 3 fully saturated rings. The van der Waals surface area contributed by atoms with Gasteiger partial charge in [0, 0.05) is 38.8 Å². The number of ketones is 1. The number of carbonyl (C=O) groups is 1. The first-order chi connectivity index (χ1) is 23.4. The summed E-state index contributed by atoms with van der Waals surface area (Å²) in [6.45, 7) is 8.58. The first-order valence-corrected chi connectivity index (χ1v) is 18.9. The van der Waals surface area contributed by atoms with Crippen molar-refractivity contribution in [2.75, 3.05) is 5.75 Å². The first kappa shape index (κ1) is 32.7. The van der Waals surface area contributed by atoms with Gasteiger partial charge in [-0.25, -0.2) is 4.98 Å². The zero-order chi connectivity index (χ0) is 34.4. The summed E-state index contributed by atoms with van der Waals surface area (Å²) in [5, 5.41) is 34.4. The summed E-state index contributed by atoms with van der Waals surface area (Å²) < 4.78 is 0. The van der Waals surface area contributed by atoms with Crippen molar-refractivity contribution in [2.24, 2.45) is 33.5 Å². The van der Waals surface area contributed by atoms with E-state index in [1.165, 1.54) is 11.8 Å². The van der Waals surface area contributed by atoms with Crippen molar-refractivity contribution in [2.45, 2.75) is 89.4 Å². The van der Waals surface area contributed by atoms with E-state index in [0.29, 0.717) is 34.7 Å². The maximum absolute atomic E-state index is 15.0. The number of hydrogen-bond acceptors (Lipinski definition) is 6. The number of hydrogen-bond donors (Lipinski definition) is 2. The Morgan fingerprint density at radius 1 is 0.939 bits per heavy atom. The third-order valence-corrected chi connectivity index (χ3v) is 15.3. The second-order valence-corrected chi connectivity index (χ2v) is 17.2. The number of pyridine rings is 1. The van der Waals surface area contributed by atoms with Gasteiger partial charge >= 0.3 is 0 Å². The first-order valence-electron chi connectivity index (χ1n) is 18.0. The highest BCUT2D eigenvalue weighted by Crippen LogP contribution is 2.78. The van der Waals surface area contributed by atoms with E-state index in [4.69, 9.17) is 4.98 Å². The predicted octanol–water partition coefficient (Wildman–Crippen LogP) is 8.80. The normalized spacial score (nSPS) is 37.1. The molecule has 1 unspecified atom stereocenters. The van der Waals surface area contributed by atoms with Crippen LogP contribution >= 0.6 is 11.8 Å². The largest absolute Gasteiger partial charge is 0.393 e. The molecule has 0 saturated heterocycles. The summed E-state index contributed by atoms with van der Waals surface area (Å²) in [6, 6.07) is 22.6. The van der Waals surface area contributed by atoms with Gasteiger partial charge < -0.3 is 10.2 Å². The summed E-state index contributed by atoms with van der Waals surface area (Å²) in [6.07, 6.45) is 12.2. The van der Waals surface area contributed by atoms with E-state index < -0.39 is 16.4 Å². The lowest BCUT2D eigenvalue weighted by atomic mass is 9.32. The van der Waals surface area contributed by atoms with Crippen molar-refractivity contribution in [3.63, 3.8) is 0 Å². The predicted molar refractivity (Wildman–Crippen MR) is 194 cm³/mol. The molecular formula is C43H46N2O3S. The van der Waals surface area contributed by atoms with E-state index in [-0.39, 0.29) is 34.6 Å². The molecule has 0 aliphatic heterocycles. The summed E-state index contributed by atoms with van der Waals surface area (Å²) >= 11 is 1.51. The topological polar surface area (TPSA) is 94.2 Å². The average molecular weight is 671 g/mol. The highest BCUT2D eigenvalue weighted by molar-refractivity contribution is 7.99. The second-order valence-electron chi connectivity index (χ2n) is 16.2. The van der Waals surface area contributed by atoms with Crippen molar-refractivity contribution in [3.8, 4) is 17.2 Å². The molecule has 6 aliphatic carbocycles. The van der Waals surface area contributed by atoms with E-state index in [0.717, 1.165) is 60.1 Å². The molecule has 2 spiro atoms. The number of aryl methyl sites for hydroxylation is 2.